The smallest absolute Gasteiger partial charge is 0.228 e. The van der Waals surface area contributed by atoms with Crippen molar-refractivity contribution in [2.75, 3.05) is 6.54 Å². The number of carbonyl (C=O) groups is 2. The fourth-order valence-corrected chi connectivity index (χ4v) is 6.32. The van der Waals surface area contributed by atoms with Gasteiger partial charge in [-0.05, 0) is 48.4 Å². The number of hydrogen-bond acceptors (Lipinski definition) is 4. The molecule has 5 nitrogen and oxygen atoms in total. The highest BCUT2D eigenvalue weighted by molar-refractivity contribution is 7.93. The van der Waals surface area contributed by atoms with Gasteiger partial charge in [0.25, 0.3) is 0 Å². The lowest BCUT2D eigenvalue weighted by molar-refractivity contribution is -0.150. The van der Waals surface area contributed by atoms with Crippen molar-refractivity contribution in [1.82, 2.24) is 4.90 Å². The minimum Gasteiger partial charge on any atom is -0.315 e. The van der Waals surface area contributed by atoms with E-state index in [2.05, 4.69) is 0 Å². The fourth-order valence-electron chi connectivity index (χ4n) is 3.88. The summed E-state index contributed by atoms with van der Waals surface area (Å²) in [4.78, 5) is 24.7. The van der Waals surface area contributed by atoms with E-state index < -0.39 is 26.4 Å². The lowest BCUT2D eigenvalue weighted by Gasteiger charge is -2.44. The number of nitrogens with zero attached hydrogens (tertiary/aromatic N) is 1. The van der Waals surface area contributed by atoms with Crippen molar-refractivity contribution in [2.45, 2.75) is 22.6 Å². The Balaban J connectivity index is 1.70. The zero-order valence-corrected chi connectivity index (χ0v) is 16.4. The molecule has 8 heteroatoms. The number of β-lactam (4-membered cyclic amide) rings is 1. The maximum atomic E-state index is 13.3. The van der Waals surface area contributed by atoms with E-state index in [1.807, 2.05) is 6.07 Å². The van der Waals surface area contributed by atoms with Crippen LogP contribution in [0.4, 0.5) is 0 Å². The molecule has 140 valence electrons. The molecule has 2 atom stereocenters. The van der Waals surface area contributed by atoms with Gasteiger partial charge in [-0.15, -0.1) is 0 Å². The standard InChI is InChI=1S/C19H15Cl2NO4S/c20-14-4-6-16(7-5-14)27(25,26)19-10-17(23)22(19)11-13(18(19)24)8-12-2-1-3-15(21)9-12/h1-7,9,13H,8,10-11H2. The van der Waals surface area contributed by atoms with Gasteiger partial charge in [-0.25, -0.2) is 8.42 Å². The SMILES string of the molecule is O=C1CC2(S(=O)(=O)c3ccc(Cl)cc3)C(=O)C(Cc3cccc(Cl)c3)CN12. The van der Waals surface area contributed by atoms with Crippen LogP contribution in [-0.4, -0.2) is 36.4 Å². The number of hydrogen-bond donors (Lipinski definition) is 0. The first-order valence-corrected chi connectivity index (χ1v) is 10.6. The Hall–Kier alpha value is -1.89. The van der Waals surface area contributed by atoms with Crippen LogP contribution in [0.5, 0.6) is 0 Å². The first-order valence-electron chi connectivity index (χ1n) is 8.35. The van der Waals surface area contributed by atoms with Crippen LogP contribution in [0.1, 0.15) is 12.0 Å². The van der Waals surface area contributed by atoms with Gasteiger partial charge in [-0.3, -0.25) is 9.59 Å². The van der Waals surface area contributed by atoms with Crippen molar-refractivity contribution in [3.8, 4) is 0 Å². The third kappa shape index (κ3) is 2.70. The van der Waals surface area contributed by atoms with E-state index in [0.29, 0.717) is 16.5 Å². The summed E-state index contributed by atoms with van der Waals surface area (Å²) in [6.45, 7) is 0.0942. The molecule has 2 aromatic carbocycles. The second-order valence-electron chi connectivity index (χ2n) is 6.82. The highest BCUT2D eigenvalue weighted by Crippen LogP contribution is 2.48. The monoisotopic (exact) mass is 423 g/mol. The summed E-state index contributed by atoms with van der Waals surface area (Å²) >= 11 is 11.8. The molecule has 0 aromatic heterocycles. The largest absolute Gasteiger partial charge is 0.315 e. The van der Waals surface area contributed by atoms with Gasteiger partial charge < -0.3 is 4.90 Å². The number of carbonyl (C=O) groups excluding carboxylic acids is 2. The van der Waals surface area contributed by atoms with Gasteiger partial charge in [-0.1, -0.05) is 35.3 Å². The van der Waals surface area contributed by atoms with Crippen LogP contribution in [0.15, 0.2) is 53.4 Å². The molecule has 0 aliphatic carbocycles. The number of ketones is 1. The molecular formula is C19H15Cl2NO4S. The van der Waals surface area contributed by atoms with Crippen LogP contribution in [-0.2, 0) is 25.8 Å². The van der Waals surface area contributed by atoms with Gasteiger partial charge in [0.2, 0.25) is 20.6 Å². The second-order valence-corrected chi connectivity index (χ2v) is 9.84. The first kappa shape index (κ1) is 18.5. The predicted octanol–water partition coefficient (Wildman–Crippen LogP) is 3.14. The van der Waals surface area contributed by atoms with E-state index >= 15 is 0 Å². The zero-order valence-electron chi connectivity index (χ0n) is 14.1. The summed E-state index contributed by atoms with van der Waals surface area (Å²) in [5.41, 5.74) is 0.829. The summed E-state index contributed by atoms with van der Waals surface area (Å²) in [6, 6.07) is 12.7. The number of rotatable bonds is 4. The van der Waals surface area contributed by atoms with Crippen molar-refractivity contribution in [3.63, 3.8) is 0 Å². The lowest BCUT2D eigenvalue weighted by atomic mass is 9.93. The van der Waals surface area contributed by atoms with E-state index in [1.165, 1.54) is 29.2 Å². The van der Waals surface area contributed by atoms with Gasteiger partial charge in [0.05, 0.1) is 11.3 Å². The van der Waals surface area contributed by atoms with Gasteiger partial charge >= 0.3 is 0 Å². The van der Waals surface area contributed by atoms with Gasteiger partial charge in [-0.2, -0.15) is 0 Å². The fraction of sp³-hybridized carbons (Fsp3) is 0.263. The van der Waals surface area contributed by atoms with E-state index in [-0.39, 0.29) is 23.8 Å². The topological polar surface area (TPSA) is 71.5 Å². The van der Waals surface area contributed by atoms with Crippen LogP contribution >= 0.6 is 23.2 Å². The van der Waals surface area contributed by atoms with E-state index in [9.17, 15) is 18.0 Å². The molecule has 0 saturated carbocycles. The molecule has 2 heterocycles. The molecule has 2 saturated heterocycles. The third-order valence-electron chi connectivity index (χ3n) is 5.23. The number of halogens is 2. The van der Waals surface area contributed by atoms with Gasteiger partial charge in [0, 0.05) is 22.5 Å². The summed E-state index contributed by atoms with van der Waals surface area (Å²) in [6.07, 6.45) is 0.0178. The molecule has 4 rings (SSSR count). The number of amides is 1. The van der Waals surface area contributed by atoms with Crippen molar-refractivity contribution < 1.29 is 18.0 Å². The van der Waals surface area contributed by atoms with Crippen LogP contribution in [0, 0.1) is 5.92 Å². The molecule has 27 heavy (non-hydrogen) atoms. The van der Waals surface area contributed by atoms with E-state index in [4.69, 9.17) is 23.2 Å². The molecule has 2 aliphatic heterocycles. The molecule has 0 spiro atoms. The van der Waals surface area contributed by atoms with Crippen molar-refractivity contribution in [3.05, 3.63) is 64.1 Å². The normalized spacial score (nSPS) is 24.7. The maximum Gasteiger partial charge on any atom is 0.228 e. The Morgan fingerprint density at radius 1 is 1.04 bits per heavy atom. The van der Waals surface area contributed by atoms with Crippen LogP contribution in [0.2, 0.25) is 10.0 Å². The van der Waals surface area contributed by atoms with Crippen LogP contribution in [0.25, 0.3) is 0 Å². The first-order chi connectivity index (χ1) is 12.8. The lowest BCUT2D eigenvalue weighted by Crippen LogP contribution is -2.67. The average molecular weight is 424 g/mol. The van der Waals surface area contributed by atoms with E-state index in [0.717, 1.165) is 5.56 Å². The molecule has 1 amide bonds. The Bertz CT molecular complexity index is 1050. The Labute approximate surface area is 166 Å². The number of benzene rings is 2. The van der Waals surface area contributed by atoms with Crippen molar-refractivity contribution >= 4 is 44.7 Å². The Morgan fingerprint density at radius 2 is 1.74 bits per heavy atom. The number of Topliss-reactive ketones (excluding diaryl/α,β-unsaturated/α-hetero) is 1. The molecule has 2 fully saturated rings. The number of fused-ring (bicyclic) bond motifs is 1. The Morgan fingerprint density at radius 3 is 2.37 bits per heavy atom. The molecule has 2 aliphatic rings. The summed E-state index contributed by atoms with van der Waals surface area (Å²) in [5.74, 6) is -1.34. The number of sulfone groups is 1. The average Bonchev–Trinajstić information content (AvgIpc) is 2.84. The van der Waals surface area contributed by atoms with Crippen LogP contribution < -0.4 is 0 Å². The van der Waals surface area contributed by atoms with Gasteiger partial charge in [0.1, 0.15) is 0 Å². The third-order valence-corrected chi connectivity index (χ3v) is 8.06. The second kappa shape index (κ2) is 6.33. The molecule has 2 unspecified atom stereocenters. The maximum absolute atomic E-state index is 13.3. The minimum absolute atomic E-state index is 0.0128. The van der Waals surface area contributed by atoms with Gasteiger partial charge in [0.15, 0.2) is 5.78 Å². The molecule has 0 bridgehead atoms. The molecule has 2 aromatic rings. The highest BCUT2D eigenvalue weighted by Gasteiger charge is 2.70. The molecule has 0 radical (unpaired) electrons. The van der Waals surface area contributed by atoms with E-state index in [1.54, 1.807) is 18.2 Å². The summed E-state index contributed by atoms with van der Waals surface area (Å²) < 4.78 is 26.5. The van der Waals surface area contributed by atoms with Crippen LogP contribution in [0.3, 0.4) is 0 Å². The zero-order chi connectivity index (χ0) is 19.4. The molecule has 0 N–H and O–H groups in total. The molecular weight excluding hydrogens is 409 g/mol. The van der Waals surface area contributed by atoms with Crippen molar-refractivity contribution in [2.24, 2.45) is 5.92 Å². The van der Waals surface area contributed by atoms with Crippen molar-refractivity contribution in [1.29, 1.82) is 0 Å². The summed E-state index contributed by atoms with van der Waals surface area (Å²) in [7, 11) is -4.06. The minimum atomic E-state index is -4.06. The quantitative estimate of drug-likeness (QED) is 0.708. The Kier molecular flexibility index (Phi) is 4.33. The summed E-state index contributed by atoms with van der Waals surface area (Å²) in [5, 5.41) is 0.936. The highest BCUT2D eigenvalue weighted by atomic mass is 35.5. The predicted molar refractivity (Wildman–Crippen MR) is 101 cm³/mol.